The summed E-state index contributed by atoms with van der Waals surface area (Å²) in [5.41, 5.74) is 0.941. The third-order valence-corrected chi connectivity index (χ3v) is 8.73. The molecule has 11 heteroatoms. The van der Waals surface area contributed by atoms with E-state index in [1.54, 1.807) is 55.5 Å². The molecule has 226 valence electrons. The fourth-order valence-corrected chi connectivity index (χ4v) is 5.99. The van der Waals surface area contributed by atoms with E-state index in [4.69, 9.17) is 27.9 Å². The fourth-order valence-electron chi connectivity index (χ4n) is 4.32. The second-order valence-corrected chi connectivity index (χ2v) is 12.8. The summed E-state index contributed by atoms with van der Waals surface area (Å²) in [6.07, 6.45) is 0.322. The number of halogens is 2. The number of nitrogens with one attached hydrogen (secondary N) is 1. The molecule has 0 heterocycles. The molecule has 0 aliphatic carbocycles. The van der Waals surface area contributed by atoms with Crippen LogP contribution in [0.25, 0.3) is 0 Å². The van der Waals surface area contributed by atoms with Crippen molar-refractivity contribution >= 4 is 50.7 Å². The molecule has 2 amide bonds. The SMILES string of the molecule is CCOc1ccccc1N(CC(=O)N(Cc1ccc(Cl)cc1)[C@H](CC)C(=O)NCC(C)C)S(=O)(=O)c1ccc(Cl)cc1. The molecule has 3 rings (SSSR count). The third kappa shape index (κ3) is 8.63. The summed E-state index contributed by atoms with van der Waals surface area (Å²) >= 11 is 12.1. The van der Waals surface area contributed by atoms with Gasteiger partial charge in [0.1, 0.15) is 18.3 Å². The largest absolute Gasteiger partial charge is 0.492 e. The number of ether oxygens (including phenoxy) is 1. The van der Waals surface area contributed by atoms with Crippen molar-refractivity contribution in [3.63, 3.8) is 0 Å². The van der Waals surface area contributed by atoms with E-state index in [9.17, 15) is 18.0 Å². The normalized spacial score (nSPS) is 12.1. The number of carbonyl (C=O) groups excluding carboxylic acids is 2. The van der Waals surface area contributed by atoms with Crippen LogP contribution in [0.2, 0.25) is 10.0 Å². The van der Waals surface area contributed by atoms with Crippen molar-refractivity contribution in [3.8, 4) is 5.75 Å². The highest BCUT2D eigenvalue weighted by molar-refractivity contribution is 7.92. The third-order valence-electron chi connectivity index (χ3n) is 6.45. The van der Waals surface area contributed by atoms with E-state index < -0.39 is 28.5 Å². The molecule has 0 saturated carbocycles. The van der Waals surface area contributed by atoms with Crippen LogP contribution < -0.4 is 14.4 Å². The van der Waals surface area contributed by atoms with Gasteiger partial charge >= 0.3 is 0 Å². The van der Waals surface area contributed by atoms with E-state index in [-0.39, 0.29) is 35.6 Å². The molecule has 0 unspecified atom stereocenters. The van der Waals surface area contributed by atoms with E-state index in [1.807, 2.05) is 20.8 Å². The standard InChI is InChI=1S/C31H37Cl2N3O5S/c1-5-27(31(38)34-19-22(3)4)35(20-23-11-13-24(32)14-12-23)30(37)21-36(28-9-7-8-10-29(28)41-6-2)42(39,40)26-17-15-25(33)16-18-26/h7-18,22,27H,5-6,19-21H2,1-4H3,(H,34,38)/t27-/m1/s1. The van der Waals surface area contributed by atoms with Gasteiger partial charge in [0.05, 0.1) is 17.2 Å². The minimum Gasteiger partial charge on any atom is -0.492 e. The fraction of sp³-hybridized carbons (Fsp3) is 0.355. The maximum absolute atomic E-state index is 14.2. The number of amides is 2. The average Bonchev–Trinajstić information content (AvgIpc) is 2.96. The second kappa shape index (κ2) is 15.3. The summed E-state index contributed by atoms with van der Waals surface area (Å²) in [4.78, 5) is 28.9. The van der Waals surface area contributed by atoms with Gasteiger partial charge in [0.15, 0.2) is 0 Å². The van der Waals surface area contributed by atoms with Gasteiger partial charge < -0.3 is 15.0 Å². The number of para-hydroxylation sites is 2. The Hall–Kier alpha value is -3.27. The molecule has 8 nitrogen and oxygen atoms in total. The van der Waals surface area contributed by atoms with Crippen molar-refractivity contribution in [2.24, 2.45) is 5.92 Å². The van der Waals surface area contributed by atoms with Crippen LogP contribution >= 0.6 is 23.2 Å². The topological polar surface area (TPSA) is 96.0 Å². The smallest absolute Gasteiger partial charge is 0.264 e. The van der Waals surface area contributed by atoms with Gasteiger partial charge in [-0.25, -0.2) is 8.42 Å². The summed E-state index contributed by atoms with van der Waals surface area (Å²) < 4.78 is 34.9. The number of benzene rings is 3. The lowest BCUT2D eigenvalue weighted by molar-refractivity contribution is -0.140. The predicted molar refractivity (Wildman–Crippen MR) is 168 cm³/mol. The molecule has 3 aromatic rings. The van der Waals surface area contributed by atoms with Gasteiger partial charge in [-0.2, -0.15) is 0 Å². The molecular weight excluding hydrogens is 597 g/mol. The molecule has 3 aromatic carbocycles. The monoisotopic (exact) mass is 633 g/mol. The van der Waals surface area contributed by atoms with Crippen molar-refractivity contribution in [1.29, 1.82) is 0 Å². The quantitative estimate of drug-likeness (QED) is 0.229. The number of carbonyl (C=O) groups is 2. The first kappa shape index (κ1) is 33.2. The van der Waals surface area contributed by atoms with E-state index in [0.29, 0.717) is 28.8 Å². The van der Waals surface area contributed by atoms with Crippen LogP contribution in [0.4, 0.5) is 5.69 Å². The number of nitrogens with zero attached hydrogens (tertiary/aromatic N) is 2. The lowest BCUT2D eigenvalue weighted by Gasteiger charge is -2.33. The zero-order valence-electron chi connectivity index (χ0n) is 24.2. The molecule has 0 radical (unpaired) electrons. The van der Waals surface area contributed by atoms with Crippen molar-refractivity contribution < 1.29 is 22.7 Å². The van der Waals surface area contributed by atoms with Crippen LogP contribution in [-0.4, -0.2) is 50.9 Å². The summed E-state index contributed by atoms with van der Waals surface area (Å²) in [6.45, 7) is 7.79. The molecular formula is C31H37Cl2N3O5S. The van der Waals surface area contributed by atoms with Gasteiger partial charge in [0.2, 0.25) is 11.8 Å². The Balaban J connectivity index is 2.09. The first-order chi connectivity index (χ1) is 20.0. The zero-order chi connectivity index (χ0) is 30.9. The van der Waals surface area contributed by atoms with Crippen LogP contribution in [0, 0.1) is 5.92 Å². The molecule has 0 aliphatic rings. The minimum atomic E-state index is -4.26. The van der Waals surface area contributed by atoms with Crippen LogP contribution in [0.3, 0.4) is 0 Å². The number of anilines is 1. The molecule has 0 bridgehead atoms. The molecule has 1 atom stereocenters. The maximum atomic E-state index is 14.2. The molecule has 0 spiro atoms. The van der Waals surface area contributed by atoms with Crippen LogP contribution in [0.5, 0.6) is 5.75 Å². The zero-order valence-corrected chi connectivity index (χ0v) is 26.5. The van der Waals surface area contributed by atoms with E-state index in [2.05, 4.69) is 5.32 Å². The summed E-state index contributed by atoms with van der Waals surface area (Å²) in [6, 6.07) is 18.5. The van der Waals surface area contributed by atoms with Gasteiger partial charge in [-0.15, -0.1) is 0 Å². The summed E-state index contributed by atoms with van der Waals surface area (Å²) in [7, 11) is -4.26. The van der Waals surface area contributed by atoms with Crippen LogP contribution in [-0.2, 0) is 26.2 Å². The Morgan fingerprint density at radius 3 is 2.07 bits per heavy atom. The summed E-state index contributed by atoms with van der Waals surface area (Å²) in [5, 5.41) is 3.82. The number of rotatable bonds is 14. The molecule has 0 aromatic heterocycles. The second-order valence-electron chi connectivity index (χ2n) is 10.1. The molecule has 42 heavy (non-hydrogen) atoms. The lowest BCUT2D eigenvalue weighted by atomic mass is 10.1. The van der Waals surface area contributed by atoms with Crippen molar-refractivity contribution in [2.45, 2.75) is 51.6 Å². The lowest BCUT2D eigenvalue weighted by Crippen LogP contribution is -2.52. The summed E-state index contributed by atoms with van der Waals surface area (Å²) in [5.74, 6) is -0.353. The van der Waals surface area contributed by atoms with Gasteiger partial charge in [0.25, 0.3) is 10.0 Å². The average molecular weight is 635 g/mol. The number of sulfonamides is 1. The Morgan fingerprint density at radius 2 is 1.50 bits per heavy atom. The Labute approximate surface area is 258 Å². The van der Waals surface area contributed by atoms with Crippen molar-refractivity contribution in [3.05, 3.63) is 88.4 Å². The first-order valence-electron chi connectivity index (χ1n) is 13.8. The highest BCUT2D eigenvalue weighted by Gasteiger charge is 2.34. The van der Waals surface area contributed by atoms with E-state index in [1.165, 1.54) is 29.2 Å². The van der Waals surface area contributed by atoms with Gasteiger partial charge in [-0.3, -0.25) is 13.9 Å². The maximum Gasteiger partial charge on any atom is 0.264 e. The number of hydrogen-bond donors (Lipinski definition) is 1. The van der Waals surface area contributed by atoms with Crippen molar-refractivity contribution in [1.82, 2.24) is 10.2 Å². The minimum absolute atomic E-state index is 0.0445. The highest BCUT2D eigenvalue weighted by Crippen LogP contribution is 2.33. The Bertz CT molecular complexity index is 1450. The molecule has 0 saturated heterocycles. The molecule has 0 fully saturated rings. The highest BCUT2D eigenvalue weighted by atomic mass is 35.5. The number of hydrogen-bond acceptors (Lipinski definition) is 5. The molecule has 1 N–H and O–H groups in total. The van der Waals surface area contributed by atoms with Crippen molar-refractivity contribution in [2.75, 3.05) is 24.0 Å². The van der Waals surface area contributed by atoms with Gasteiger partial charge in [0, 0.05) is 23.1 Å². The molecule has 0 aliphatic heterocycles. The van der Waals surface area contributed by atoms with Crippen LogP contribution in [0.15, 0.2) is 77.7 Å². The van der Waals surface area contributed by atoms with E-state index >= 15 is 0 Å². The first-order valence-corrected chi connectivity index (χ1v) is 16.0. The van der Waals surface area contributed by atoms with Crippen LogP contribution in [0.1, 0.15) is 39.7 Å². The van der Waals surface area contributed by atoms with E-state index in [0.717, 1.165) is 9.87 Å². The Morgan fingerprint density at radius 1 is 0.905 bits per heavy atom. The van der Waals surface area contributed by atoms with Gasteiger partial charge in [-0.1, -0.05) is 68.2 Å². The van der Waals surface area contributed by atoms with Gasteiger partial charge in [-0.05, 0) is 73.4 Å². The predicted octanol–water partition coefficient (Wildman–Crippen LogP) is 6.17. The Kier molecular flexibility index (Phi) is 12.1.